The van der Waals surface area contributed by atoms with Gasteiger partial charge in [0.05, 0.1) is 18.2 Å². The van der Waals surface area contributed by atoms with Crippen LogP contribution in [0.25, 0.3) is 6.08 Å². The Kier molecular flexibility index (Phi) is 6.51. The molecule has 0 aliphatic rings. The zero-order valence-electron chi connectivity index (χ0n) is 16.0. The van der Waals surface area contributed by atoms with Crippen LogP contribution < -0.4 is 5.32 Å². The number of nitrogens with zero attached hydrogens (tertiary/aromatic N) is 2. The second-order valence-electron chi connectivity index (χ2n) is 6.58. The quantitative estimate of drug-likeness (QED) is 0.827. The number of hydrogen-bond donors (Lipinski definition) is 1. The van der Waals surface area contributed by atoms with E-state index >= 15 is 0 Å². The van der Waals surface area contributed by atoms with Gasteiger partial charge in [-0.05, 0) is 55.7 Å². The van der Waals surface area contributed by atoms with E-state index in [1.54, 1.807) is 37.4 Å². The number of nitriles is 1. The van der Waals surface area contributed by atoms with Crippen LogP contribution >= 0.6 is 0 Å². The van der Waals surface area contributed by atoms with E-state index in [2.05, 4.69) is 5.32 Å². The number of hydrogen-bond acceptors (Lipinski definition) is 3. The molecule has 5 heteroatoms. The van der Waals surface area contributed by atoms with Gasteiger partial charge in [-0.1, -0.05) is 29.8 Å². The fourth-order valence-electron chi connectivity index (χ4n) is 2.81. The highest BCUT2D eigenvalue weighted by Crippen LogP contribution is 2.21. The molecule has 0 aromatic heterocycles. The summed E-state index contributed by atoms with van der Waals surface area (Å²) in [6.45, 7) is 5.87. The third-order valence-corrected chi connectivity index (χ3v) is 4.16. The summed E-state index contributed by atoms with van der Waals surface area (Å²) in [5.41, 5.74) is 5.30. The van der Waals surface area contributed by atoms with Gasteiger partial charge in [0.25, 0.3) is 0 Å². The lowest BCUT2D eigenvalue weighted by Gasteiger charge is -2.17. The molecule has 2 rings (SSSR count). The van der Waals surface area contributed by atoms with Crippen LogP contribution in [-0.4, -0.2) is 30.3 Å². The van der Waals surface area contributed by atoms with E-state index in [1.165, 1.54) is 11.0 Å². The molecule has 0 heterocycles. The molecule has 0 atom stereocenters. The van der Waals surface area contributed by atoms with Crippen LogP contribution in [0.4, 0.5) is 5.69 Å². The van der Waals surface area contributed by atoms with Crippen molar-refractivity contribution in [1.29, 1.82) is 5.26 Å². The van der Waals surface area contributed by atoms with Gasteiger partial charge in [0, 0.05) is 18.8 Å². The number of aryl methyl sites for hydroxylation is 3. The monoisotopic (exact) mass is 361 g/mol. The second kappa shape index (κ2) is 8.81. The predicted octanol–water partition coefficient (Wildman–Crippen LogP) is 3.59. The maximum atomic E-state index is 12.3. The number of anilines is 1. The Morgan fingerprint density at radius 3 is 2.26 bits per heavy atom. The Morgan fingerprint density at radius 2 is 1.70 bits per heavy atom. The van der Waals surface area contributed by atoms with Crippen molar-refractivity contribution >= 4 is 23.6 Å². The largest absolute Gasteiger partial charge is 0.333 e. The molecule has 0 fully saturated rings. The van der Waals surface area contributed by atoms with E-state index in [1.807, 2.05) is 39.0 Å². The first-order valence-electron chi connectivity index (χ1n) is 8.61. The summed E-state index contributed by atoms with van der Waals surface area (Å²) in [6.07, 6.45) is 3.07. The van der Waals surface area contributed by atoms with Gasteiger partial charge in [0.2, 0.25) is 11.8 Å². The minimum Gasteiger partial charge on any atom is -0.333 e. The molecule has 27 heavy (non-hydrogen) atoms. The van der Waals surface area contributed by atoms with Crippen LogP contribution in [0.1, 0.15) is 27.8 Å². The number of benzene rings is 2. The highest BCUT2D eigenvalue weighted by atomic mass is 16.2. The van der Waals surface area contributed by atoms with Gasteiger partial charge in [-0.25, -0.2) is 0 Å². The Bertz CT molecular complexity index is 899. The topological polar surface area (TPSA) is 73.2 Å². The van der Waals surface area contributed by atoms with Crippen molar-refractivity contribution in [3.63, 3.8) is 0 Å². The van der Waals surface area contributed by atoms with Gasteiger partial charge < -0.3 is 10.2 Å². The minimum absolute atomic E-state index is 0.0384. The predicted molar refractivity (Wildman–Crippen MR) is 107 cm³/mol. The standard InChI is InChI=1S/C22H23N3O2/c1-15-11-16(2)22(17(3)12-15)24-20(26)14-25(4)21(27)10-9-18-5-7-19(13-23)8-6-18/h5-12H,14H2,1-4H3,(H,24,26). The van der Waals surface area contributed by atoms with Crippen LogP contribution in [0.2, 0.25) is 0 Å². The lowest BCUT2D eigenvalue weighted by molar-refractivity contribution is -0.129. The van der Waals surface area contributed by atoms with Gasteiger partial charge in [-0.2, -0.15) is 5.26 Å². The number of nitrogens with one attached hydrogen (secondary N) is 1. The smallest absolute Gasteiger partial charge is 0.246 e. The van der Waals surface area contributed by atoms with E-state index < -0.39 is 0 Å². The summed E-state index contributed by atoms with van der Waals surface area (Å²) in [5, 5.41) is 11.7. The summed E-state index contributed by atoms with van der Waals surface area (Å²) in [4.78, 5) is 25.9. The third-order valence-electron chi connectivity index (χ3n) is 4.16. The fourth-order valence-corrected chi connectivity index (χ4v) is 2.81. The Labute approximate surface area is 159 Å². The summed E-state index contributed by atoms with van der Waals surface area (Å²) in [6, 6.07) is 13.0. The molecule has 1 N–H and O–H groups in total. The van der Waals surface area contributed by atoms with Crippen LogP contribution in [0, 0.1) is 32.1 Å². The maximum absolute atomic E-state index is 12.3. The summed E-state index contributed by atoms with van der Waals surface area (Å²) in [7, 11) is 1.58. The zero-order valence-corrected chi connectivity index (χ0v) is 16.0. The zero-order chi connectivity index (χ0) is 20.0. The van der Waals surface area contributed by atoms with Gasteiger partial charge in [-0.3, -0.25) is 9.59 Å². The average molecular weight is 361 g/mol. The normalized spacial score (nSPS) is 10.5. The van der Waals surface area contributed by atoms with E-state index in [0.717, 1.165) is 27.9 Å². The first-order valence-corrected chi connectivity index (χ1v) is 8.61. The Balaban J connectivity index is 1.96. The van der Waals surface area contributed by atoms with Crippen LogP contribution in [-0.2, 0) is 9.59 Å². The first kappa shape index (κ1) is 19.9. The van der Waals surface area contributed by atoms with Crippen molar-refractivity contribution in [1.82, 2.24) is 4.90 Å². The van der Waals surface area contributed by atoms with Gasteiger partial charge in [0.1, 0.15) is 0 Å². The molecule has 0 aliphatic heterocycles. The number of likely N-dealkylation sites (N-methyl/N-ethyl adjacent to an activating group) is 1. The van der Waals surface area contributed by atoms with Crippen molar-refractivity contribution in [2.45, 2.75) is 20.8 Å². The van der Waals surface area contributed by atoms with E-state index in [-0.39, 0.29) is 18.4 Å². The number of amides is 2. The Morgan fingerprint density at radius 1 is 1.11 bits per heavy atom. The van der Waals surface area contributed by atoms with E-state index in [0.29, 0.717) is 5.56 Å². The van der Waals surface area contributed by atoms with Crippen molar-refractivity contribution in [3.8, 4) is 6.07 Å². The van der Waals surface area contributed by atoms with Gasteiger partial charge >= 0.3 is 0 Å². The molecule has 2 aromatic carbocycles. The molecular weight excluding hydrogens is 338 g/mol. The maximum Gasteiger partial charge on any atom is 0.246 e. The molecular formula is C22H23N3O2. The molecule has 2 amide bonds. The molecule has 0 spiro atoms. The third kappa shape index (κ3) is 5.55. The van der Waals surface area contributed by atoms with Crippen LogP contribution in [0.3, 0.4) is 0 Å². The molecule has 0 saturated heterocycles. The molecule has 0 unspecified atom stereocenters. The van der Waals surface area contributed by atoms with E-state index in [4.69, 9.17) is 5.26 Å². The molecule has 2 aromatic rings. The molecule has 0 aliphatic carbocycles. The molecule has 0 radical (unpaired) electrons. The first-order chi connectivity index (χ1) is 12.8. The summed E-state index contributed by atoms with van der Waals surface area (Å²) < 4.78 is 0. The average Bonchev–Trinajstić information content (AvgIpc) is 2.63. The molecule has 5 nitrogen and oxygen atoms in total. The van der Waals surface area contributed by atoms with Crippen LogP contribution in [0.15, 0.2) is 42.5 Å². The summed E-state index contributed by atoms with van der Waals surface area (Å²) in [5.74, 6) is -0.514. The van der Waals surface area contributed by atoms with Crippen molar-refractivity contribution in [3.05, 3.63) is 70.3 Å². The van der Waals surface area contributed by atoms with Gasteiger partial charge in [-0.15, -0.1) is 0 Å². The highest BCUT2D eigenvalue weighted by molar-refractivity contribution is 5.98. The number of rotatable bonds is 5. The lowest BCUT2D eigenvalue weighted by Crippen LogP contribution is -2.34. The Hall–Kier alpha value is -3.39. The summed E-state index contributed by atoms with van der Waals surface area (Å²) >= 11 is 0. The SMILES string of the molecule is Cc1cc(C)c(NC(=O)CN(C)C(=O)C=Cc2ccc(C#N)cc2)c(C)c1. The van der Waals surface area contributed by atoms with Crippen LogP contribution in [0.5, 0.6) is 0 Å². The fraction of sp³-hybridized carbons (Fsp3) is 0.227. The lowest BCUT2D eigenvalue weighted by atomic mass is 10.1. The van der Waals surface area contributed by atoms with E-state index in [9.17, 15) is 9.59 Å². The minimum atomic E-state index is -0.271. The number of carbonyl (C=O) groups is 2. The second-order valence-corrected chi connectivity index (χ2v) is 6.58. The molecule has 138 valence electrons. The highest BCUT2D eigenvalue weighted by Gasteiger charge is 2.13. The number of carbonyl (C=O) groups excluding carboxylic acids is 2. The van der Waals surface area contributed by atoms with Crippen molar-refractivity contribution < 1.29 is 9.59 Å². The van der Waals surface area contributed by atoms with Crippen molar-refractivity contribution in [2.75, 3.05) is 18.9 Å². The molecule has 0 saturated carbocycles. The van der Waals surface area contributed by atoms with Crippen molar-refractivity contribution in [2.24, 2.45) is 0 Å². The molecule has 0 bridgehead atoms. The van der Waals surface area contributed by atoms with Gasteiger partial charge in [0.15, 0.2) is 0 Å².